The summed E-state index contributed by atoms with van der Waals surface area (Å²) in [5, 5.41) is 4.03. The number of rotatable bonds is 6. The van der Waals surface area contributed by atoms with Gasteiger partial charge in [-0.1, -0.05) is 0 Å². The predicted molar refractivity (Wildman–Crippen MR) is 88.6 cm³/mol. The zero-order valence-electron chi connectivity index (χ0n) is 14.5. The maximum absolute atomic E-state index is 12.0. The Kier molecular flexibility index (Phi) is 4.57. The highest BCUT2D eigenvalue weighted by Crippen LogP contribution is 2.20. The van der Waals surface area contributed by atoms with E-state index in [9.17, 15) is 14.4 Å². The number of aryl methyl sites for hydroxylation is 1. The molecule has 0 aromatic carbocycles. The topological polar surface area (TPSA) is 119 Å². The molecule has 142 valence electrons. The standard InChI is InChI=1S/C16H18N6O5/c23-13-9-27-16(25)21(13)7-12-5-20(6-12)15(24)26-3-1-2-11-4-17-14-18-10-19-22(14)8-11/h4,8,10,12H,1-3,5-7,9H2. The van der Waals surface area contributed by atoms with E-state index in [2.05, 4.69) is 19.8 Å². The van der Waals surface area contributed by atoms with Crippen molar-refractivity contribution in [2.75, 3.05) is 32.8 Å². The first-order chi connectivity index (χ1) is 13.1. The van der Waals surface area contributed by atoms with Crippen LogP contribution in [0.5, 0.6) is 0 Å². The fourth-order valence-corrected chi connectivity index (χ4v) is 3.06. The summed E-state index contributed by atoms with van der Waals surface area (Å²) in [5.41, 5.74) is 0.982. The number of hydrogen-bond acceptors (Lipinski definition) is 8. The van der Waals surface area contributed by atoms with Gasteiger partial charge in [-0.05, 0) is 18.4 Å². The molecule has 0 bridgehead atoms. The SMILES string of the molecule is O=C(OCCCc1cnc2ncnn2c1)N1CC(CN2C(=O)COC2=O)C1. The Morgan fingerprint density at radius 3 is 2.93 bits per heavy atom. The van der Waals surface area contributed by atoms with Crippen LogP contribution in [0.4, 0.5) is 9.59 Å². The lowest BCUT2D eigenvalue weighted by Crippen LogP contribution is -2.54. The quantitative estimate of drug-likeness (QED) is 0.653. The number of cyclic esters (lactones) is 1. The van der Waals surface area contributed by atoms with Gasteiger partial charge in [0, 0.05) is 37.9 Å². The summed E-state index contributed by atoms with van der Waals surface area (Å²) in [6.07, 6.45) is 5.40. The van der Waals surface area contributed by atoms with Crippen molar-refractivity contribution in [1.82, 2.24) is 29.4 Å². The lowest BCUT2D eigenvalue weighted by atomic mass is 10.0. The summed E-state index contributed by atoms with van der Waals surface area (Å²) in [5.74, 6) is 0.272. The number of fused-ring (bicyclic) bond motifs is 1. The molecule has 0 N–H and O–H groups in total. The minimum atomic E-state index is -0.611. The first kappa shape index (κ1) is 17.2. The Morgan fingerprint density at radius 1 is 1.30 bits per heavy atom. The monoisotopic (exact) mass is 374 g/mol. The zero-order chi connectivity index (χ0) is 18.8. The van der Waals surface area contributed by atoms with Crippen LogP contribution in [0.3, 0.4) is 0 Å². The van der Waals surface area contributed by atoms with Gasteiger partial charge in [0.2, 0.25) is 0 Å². The molecule has 2 aliphatic heterocycles. The van der Waals surface area contributed by atoms with Gasteiger partial charge in [-0.2, -0.15) is 10.1 Å². The van der Waals surface area contributed by atoms with Crippen molar-refractivity contribution in [2.45, 2.75) is 12.8 Å². The number of amides is 3. The van der Waals surface area contributed by atoms with E-state index in [0.29, 0.717) is 38.3 Å². The molecular formula is C16H18N6O5. The Morgan fingerprint density at radius 2 is 2.15 bits per heavy atom. The Bertz CT molecular complexity index is 861. The van der Waals surface area contributed by atoms with Crippen molar-refractivity contribution in [1.29, 1.82) is 0 Å². The molecule has 0 radical (unpaired) electrons. The first-order valence-electron chi connectivity index (χ1n) is 8.63. The molecule has 2 aliphatic rings. The number of imide groups is 1. The second-order valence-electron chi connectivity index (χ2n) is 6.51. The van der Waals surface area contributed by atoms with Gasteiger partial charge in [0.1, 0.15) is 6.33 Å². The number of nitrogens with zero attached hydrogens (tertiary/aromatic N) is 6. The molecule has 0 atom stereocenters. The largest absolute Gasteiger partial charge is 0.449 e. The van der Waals surface area contributed by atoms with Crippen LogP contribution in [0, 0.1) is 5.92 Å². The highest BCUT2D eigenvalue weighted by atomic mass is 16.6. The van der Waals surface area contributed by atoms with Crippen LogP contribution >= 0.6 is 0 Å². The normalized spacial score (nSPS) is 17.3. The summed E-state index contributed by atoms with van der Waals surface area (Å²) >= 11 is 0. The van der Waals surface area contributed by atoms with Crippen LogP contribution in [0.2, 0.25) is 0 Å². The van der Waals surface area contributed by atoms with Crippen molar-refractivity contribution in [3.63, 3.8) is 0 Å². The number of ether oxygens (including phenoxy) is 2. The van der Waals surface area contributed by atoms with E-state index in [1.165, 1.54) is 6.33 Å². The average molecular weight is 374 g/mol. The zero-order valence-corrected chi connectivity index (χ0v) is 14.5. The number of carbonyl (C=O) groups is 3. The Hall–Kier alpha value is -3.24. The van der Waals surface area contributed by atoms with Gasteiger partial charge >= 0.3 is 12.2 Å². The maximum atomic E-state index is 12.0. The third-order valence-corrected chi connectivity index (χ3v) is 4.52. The Labute approximate surface area is 153 Å². The maximum Gasteiger partial charge on any atom is 0.417 e. The number of carbonyl (C=O) groups excluding carboxylic acids is 3. The van der Waals surface area contributed by atoms with Crippen molar-refractivity contribution in [2.24, 2.45) is 5.92 Å². The molecule has 2 aromatic heterocycles. The van der Waals surface area contributed by atoms with Crippen molar-refractivity contribution >= 4 is 23.9 Å². The van der Waals surface area contributed by atoms with Gasteiger partial charge in [-0.15, -0.1) is 0 Å². The van der Waals surface area contributed by atoms with Crippen LogP contribution in [0.1, 0.15) is 12.0 Å². The molecule has 27 heavy (non-hydrogen) atoms. The third-order valence-electron chi connectivity index (χ3n) is 4.52. The molecule has 11 nitrogen and oxygen atoms in total. The highest BCUT2D eigenvalue weighted by molar-refractivity contribution is 5.97. The van der Waals surface area contributed by atoms with E-state index in [-0.39, 0.29) is 31.1 Å². The number of aromatic nitrogens is 4. The highest BCUT2D eigenvalue weighted by Gasteiger charge is 2.38. The van der Waals surface area contributed by atoms with Crippen LogP contribution in [-0.2, 0) is 20.7 Å². The number of likely N-dealkylation sites (tertiary alicyclic amines) is 1. The molecule has 0 spiro atoms. The molecular weight excluding hydrogens is 356 g/mol. The van der Waals surface area contributed by atoms with E-state index in [1.54, 1.807) is 15.6 Å². The van der Waals surface area contributed by atoms with Crippen LogP contribution in [0.25, 0.3) is 5.78 Å². The fraction of sp³-hybridized carbons (Fsp3) is 0.500. The minimum absolute atomic E-state index is 0.0626. The van der Waals surface area contributed by atoms with E-state index in [0.717, 1.165) is 10.5 Å². The third kappa shape index (κ3) is 3.66. The lowest BCUT2D eigenvalue weighted by molar-refractivity contribution is -0.126. The first-order valence-corrected chi connectivity index (χ1v) is 8.63. The van der Waals surface area contributed by atoms with Gasteiger partial charge in [0.05, 0.1) is 6.61 Å². The summed E-state index contributed by atoms with van der Waals surface area (Å²) in [6, 6.07) is 0. The van der Waals surface area contributed by atoms with Crippen molar-refractivity contribution in [3.8, 4) is 0 Å². The molecule has 11 heteroatoms. The van der Waals surface area contributed by atoms with E-state index >= 15 is 0 Å². The van der Waals surface area contributed by atoms with E-state index in [1.807, 2.05) is 6.20 Å². The van der Waals surface area contributed by atoms with Gasteiger partial charge in [-0.25, -0.2) is 24.0 Å². The predicted octanol–water partition coefficient (Wildman–Crippen LogP) is 0.104. The van der Waals surface area contributed by atoms with Gasteiger partial charge in [-0.3, -0.25) is 4.79 Å². The fourth-order valence-electron chi connectivity index (χ4n) is 3.06. The number of hydrogen-bond donors (Lipinski definition) is 0. The average Bonchev–Trinajstić information content (AvgIpc) is 3.21. The molecule has 4 rings (SSSR count). The molecule has 4 heterocycles. The smallest absolute Gasteiger partial charge is 0.417 e. The second-order valence-corrected chi connectivity index (χ2v) is 6.51. The molecule has 2 saturated heterocycles. The van der Waals surface area contributed by atoms with Crippen LogP contribution in [0.15, 0.2) is 18.7 Å². The van der Waals surface area contributed by atoms with Crippen molar-refractivity contribution in [3.05, 3.63) is 24.3 Å². The molecule has 3 amide bonds. The lowest BCUT2D eigenvalue weighted by Gasteiger charge is -2.39. The summed E-state index contributed by atoms with van der Waals surface area (Å²) < 4.78 is 11.5. The van der Waals surface area contributed by atoms with Gasteiger partial charge in [0.15, 0.2) is 6.61 Å². The van der Waals surface area contributed by atoms with Crippen LogP contribution in [-0.4, -0.2) is 80.3 Å². The minimum Gasteiger partial charge on any atom is -0.449 e. The summed E-state index contributed by atoms with van der Waals surface area (Å²) in [6.45, 7) is 1.30. The molecule has 0 aliphatic carbocycles. The Balaban J connectivity index is 1.14. The van der Waals surface area contributed by atoms with Gasteiger partial charge in [0.25, 0.3) is 11.7 Å². The molecule has 2 fully saturated rings. The second kappa shape index (κ2) is 7.17. The molecule has 0 saturated carbocycles. The summed E-state index contributed by atoms with van der Waals surface area (Å²) in [7, 11) is 0. The van der Waals surface area contributed by atoms with Crippen molar-refractivity contribution < 1.29 is 23.9 Å². The van der Waals surface area contributed by atoms with E-state index in [4.69, 9.17) is 4.74 Å². The van der Waals surface area contributed by atoms with Gasteiger partial charge < -0.3 is 14.4 Å². The molecule has 2 aromatic rings. The molecule has 0 unspecified atom stereocenters. The van der Waals surface area contributed by atoms with E-state index < -0.39 is 6.09 Å². The summed E-state index contributed by atoms with van der Waals surface area (Å²) in [4.78, 5) is 45.7. The van der Waals surface area contributed by atoms with Crippen LogP contribution < -0.4 is 0 Å².